The molecule has 0 aromatic heterocycles. The van der Waals surface area contributed by atoms with E-state index in [0.717, 1.165) is 10.6 Å². The number of anilines is 1. The Morgan fingerprint density at radius 2 is 2.10 bits per heavy atom. The molecule has 2 rings (SSSR count). The van der Waals surface area contributed by atoms with Crippen LogP contribution in [0.3, 0.4) is 0 Å². The van der Waals surface area contributed by atoms with E-state index in [0.29, 0.717) is 16.6 Å². The van der Waals surface area contributed by atoms with Gasteiger partial charge in [-0.3, -0.25) is 15.1 Å². The summed E-state index contributed by atoms with van der Waals surface area (Å²) in [6, 6.07) is 8.06. The smallest absolute Gasteiger partial charge is 0.267 e. The van der Waals surface area contributed by atoms with Gasteiger partial charge in [0.2, 0.25) is 0 Å². The third-order valence-electron chi connectivity index (χ3n) is 2.86. The van der Waals surface area contributed by atoms with Crippen molar-refractivity contribution >= 4 is 40.3 Å². The number of nitrogens with zero attached hydrogens (tertiary/aromatic N) is 2. The lowest BCUT2D eigenvalue weighted by atomic mass is 10.3. The summed E-state index contributed by atoms with van der Waals surface area (Å²) in [5, 5.41) is 9.93. The first-order valence-electron chi connectivity index (χ1n) is 6.26. The van der Waals surface area contributed by atoms with E-state index in [1.165, 1.54) is 28.4 Å². The average Bonchev–Trinajstić information content (AvgIpc) is 2.70. The van der Waals surface area contributed by atoms with E-state index in [9.17, 15) is 4.79 Å². The fraction of sp³-hybridized carbons (Fsp3) is 0.286. The number of hydrogen-bond donors (Lipinski definition) is 1. The lowest BCUT2D eigenvalue weighted by Gasteiger charge is -2.15. The van der Waals surface area contributed by atoms with Crippen LogP contribution in [0.5, 0.6) is 0 Å². The number of carbonyl (C=O) groups is 1. The Morgan fingerprint density at radius 3 is 2.70 bits per heavy atom. The SMILES string of the molecule is CCN1C(=N)S/C(=C\Sc2ccccc2N(C)C)C1=O. The fourth-order valence-electron chi connectivity index (χ4n) is 1.83. The van der Waals surface area contributed by atoms with E-state index in [2.05, 4.69) is 0 Å². The Morgan fingerprint density at radius 1 is 1.40 bits per heavy atom. The third kappa shape index (κ3) is 3.02. The zero-order valence-electron chi connectivity index (χ0n) is 11.7. The van der Waals surface area contributed by atoms with Crippen molar-refractivity contribution in [2.75, 3.05) is 25.5 Å². The number of amidine groups is 1. The first-order chi connectivity index (χ1) is 9.54. The molecule has 0 radical (unpaired) electrons. The van der Waals surface area contributed by atoms with E-state index < -0.39 is 0 Å². The number of para-hydroxylation sites is 1. The van der Waals surface area contributed by atoms with Gasteiger partial charge in [0, 0.05) is 25.5 Å². The molecular weight excluding hydrogens is 290 g/mol. The normalized spacial score (nSPS) is 17.1. The summed E-state index contributed by atoms with van der Waals surface area (Å²) in [6.45, 7) is 2.42. The van der Waals surface area contributed by atoms with Gasteiger partial charge < -0.3 is 4.90 Å². The predicted octanol–water partition coefficient (Wildman–Crippen LogP) is 3.22. The molecule has 1 heterocycles. The second kappa shape index (κ2) is 6.37. The standard InChI is InChI=1S/C14H17N3OS2/c1-4-17-13(18)12(20-14(17)15)9-19-11-8-6-5-7-10(11)16(2)3/h5-9,15H,4H2,1-3H3/b12-9-,15-14?. The maximum absolute atomic E-state index is 12.1. The van der Waals surface area contributed by atoms with Crippen molar-refractivity contribution < 1.29 is 4.79 Å². The molecule has 0 bridgehead atoms. The third-order valence-corrected chi connectivity index (χ3v) is 4.89. The molecule has 0 saturated carbocycles. The minimum absolute atomic E-state index is 0.0719. The maximum Gasteiger partial charge on any atom is 0.267 e. The number of hydrogen-bond acceptors (Lipinski definition) is 5. The van der Waals surface area contributed by atoms with Crippen molar-refractivity contribution in [1.29, 1.82) is 5.41 Å². The predicted molar refractivity (Wildman–Crippen MR) is 87.4 cm³/mol. The van der Waals surface area contributed by atoms with E-state index >= 15 is 0 Å². The molecule has 1 aliphatic rings. The van der Waals surface area contributed by atoms with E-state index in [1.807, 2.05) is 55.6 Å². The van der Waals surface area contributed by atoms with Gasteiger partial charge in [-0.15, -0.1) is 0 Å². The topological polar surface area (TPSA) is 47.4 Å². The minimum atomic E-state index is -0.0719. The fourth-order valence-corrected chi connectivity index (χ4v) is 3.76. The van der Waals surface area contributed by atoms with Gasteiger partial charge in [0.1, 0.15) is 0 Å². The molecule has 1 aliphatic heterocycles. The van der Waals surface area contributed by atoms with Crippen LogP contribution in [0.4, 0.5) is 5.69 Å². The summed E-state index contributed by atoms with van der Waals surface area (Å²) in [7, 11) is 3.99. The van der Waals surface area contributed by atoms with E-state index in [-0.39, 0.29) is 5.91 Å². The molecule has 1 saturated heterocycles. The van der Waals surface area contributed by atoms with Crippen LogP contribution < -0.4 is 4.90 Å². The molecule has 1 N–H and O–H groups in total. The van der Waals surface area contributed by atoms with Crippen LogP contribution in [0.15, 0.2) is 39.5 Å². The number of carbonyl (C=O) groups excluding carboxylic acids is 1. The van der Waals surface area contributed by atoms with E-state index in [1.54, 1.807) is 0 Å². The largest absolute Gasteiger partial charge is 0.377 e. The van der Waals surface area contributed by atoms with Crippen LogP contribution in [0.2, 0.25) is 0 Å². The highest BCUT2D eigenvalue weighted by atomic mass is 32.2. The zero-order chi connectivity index (χ0) is 14.7. The number of thioether (sulfide) groups is 2. The molecule has 6 heteroatoms. The number of amides is 1. The highest BCUT2D eigenvalue weighted by molar-refractivity contribution is 8.19. The zero-order valence-corrected chi connectivity index (χ0v) is 13.3. The molecule has 0 atom stereocenters. The second-order valence-corrected chi connectivity index (χ2v) is 6.36. The summed E-state index contributed by atoms with van der Waals surface area (Å²) in [5.41, 5.74) is 1.12. The van der Waals surface area contributed by atoms with Crippen LogP contribution in [-0.4, -0.2) is 36.6 Å². The van der Waals surface area contributed by atoms with Crippen LogP contribution >= 0.6 is 23.5 Å². The van der Waals surface area contributed by atoms with Gasteiger partial charge >= 0.3 is 0 Å². The molecule has 4 nitrogen and oxygen atoms in total. The van der Waals surface area contributed by atoms with Gasteiger partial charge in [0.25, 0.3) is 5.91 Å². The van der Waals surface area contributed by atoms with Crippen LogP contribution in [0, 0.1) is 5.41 Å². The quantitative estimate of drug-likeness (QED) is 0.685. The van der Waals surface area contributed by atoms with Crippen molar-refractivity contribution in [3.05, 3.63) is 34.6 Å². The molecule has 0 aliphatic carbocycles. The Bertz CT molecular complexity index is 569. The van der Waals surface area contributed by atoms with Crippen molar-refractivity contribution in [2.45, 2.75) is 11.8 Å². The van der Waals surface area contributed by atoms with Gasteiger partial charge in [-0.25, -0.2) is 0 Å². The first kappa shape index (κ1) is 15.0. The summed E-state index contributed by atoms with van der Waals surface area (Å²) < 4.78 is 0. The van der Waals surface area contributed by atoms with Crippen molar-refractivity contribution in [3.63, 3.8) is 0 Å². The molecule has 1 aromatic carbocycles. The van der Waals surface area contributed by atoms with Crippen LogP contribution in [-0.2, 0) is 4.79 Å². The Labute approximate surface area is 127 Å². The molecule has 1 fully saturated rings. The van der Waals surface area contributed by atoms with Gasteiger partial charge in [-0.1, -0.05) is 23.9 Å². The lowest BCUT2D eigenvalue weighted by molar-refractivity contribution is -0.122. The van der Waals surface area contributed by atoms with Gasteiger partial charge in [0.05, 0.1) is 10.6 Å². The lowest BCUT2D eigenvalue weighted by Crippen LogP contribution is -2.27. The van der Waals surface area contributed by atoms with Crippen molar-refractivity contribution in [1.82, 2.24) is 4.90 Å². The molecular formula is C14H17N3OS2. The number of likely N-dealkylation sites (N-methyl/N-ethyl adjacent to an activating group) is 1. The molecule has 106 valence electrons. The molecule has 0 unspecified atom stereocenters. The molecule has 1 aromatic rings. The number of rotatable bonds is 4. The number of benzene rings is 1. The first-order valence-corrected chi connectivity index (χ1v) is 7.95. The second-order valence-electron chi connectivity index (χ2n) is 4.42. The minimum Gasteiger partial charge on any atom is -0.377 e. The summed E-state index contributed by atoms with van der Waals surface area (Å²) in [5.74, 6) is -0.0719. The number of nitrogens with one attached hydrogen (secondary N) is 1. The van der Waals surface area contributed by atoms with Crippen LogP contribution in [0.25, 0.3) is 0 Å². The van der Waals surface area contributed by atoms with Crippen molar-refractivity contribution in [2.24, 2.45) is 0 Å². The molecule has 1 amide bonds. The van der Waals surface area contributed by atoms with Gasteiger partial charge in [-0.05, 0) is 36.2 Å². The summed E-state index contributed by atoms with van der Waals surface area (Å²) >= 11 is 2.75. The van der Waals surface area contributed by atoms with E-state index in [4.69, 9.17) is 5.41 Å². The Balaban J connectivity index is 2.19. The highest BCUT2D eigenvalue weighted by Crippen LogP contribution is 2.36. The maximum atomic E-state index is 12.1. The molecule has 20 heavy (non-hydrogen) atoms. The van der Waals surface area contributed by atoms with Crippen LogP contribution in [0.1, 0.15) is 6.92 Å². The Hall–Kier alpha value is -1.40. The summed E-state index contributed by atoms with van der Waals surface area (Å²) in [6.07, 6.45) is 0. The molecule has 0 spiro atoms. The average molecular weight is 307 g/mol. The van der Waals surface area contributed by atoms with Crippen molar-refractivity contribution in [3.8, 4) is 0 Å². The highest BCUT2D eigenvalue weighted by Gasteiger charge is 2.30. The summed E-state index contributed by atoms with van der Waals surface area (Å²) in [4.78, 5) is 17.3. The van der Waals surface area contributed by atoms with Gasteiger partial charge in [-0.2, -0.15) is 0 Å². The van der Waals surface area contributed by atoms with Gasteiger partial charge in [0.15, 0.2) is 5.17 Å². The monoisotopic (exact) mass is 307 g/mol. The Kier molecular flexibility index (Phi) is 4.77.